The van der Waals surface area contributed by atoms with Crippen LogP contribution in [0.25, 0.3) is 17.8 Å². The molecule has 1 N–H and O–H groups in total. The Hall–Kier alpha value is -3.45. The lowest BCUT2D eigenvalue weighted by molar-refractivity contribution is 0.0276. The molecule has 0 aliphatic rings. The molecule has 0 amide bonds. The molecule has 0 unspecified atom stereocenters. The van der Waals surface area contributed by atoms with Gasteiger partial charge in [0, 0.05) is 12.3 Å². The molecule has 6 nitrogen and oxygen atoms in total. The maximum atomic E-state index is 13.0. The van der Waals surface area contributed by atoms with Gasteiger partial charge in [-0.1, -0.05) is 18.2 Å². The summed E-state index contributed by atoms with van der Waals surface area (Å²) in [4.78, 5) is 16.6. The number of nitrogens with zero attached hydrogens (tertiary/aromatic N) is 2. The molecular weight excluding hydrogens is 387 g/mol. The Bertz CT molecular complexity index is 1100. The Morgan fingerprint density at radius 1 is 1.10 bits per heavy atom. The van der Waals surface area contributed by atoms with Gasteiger partial charge in [0.25, 0.3) is 0 Å². The fraction of sp³-hybridized carbons (Fsp3) is 0.217. The number of rotatable bonds is 7. The van der Waals surface area contributed by atoms with Crippen LogP contribution in [-0.4, -0.2) is 34.0 Å². The average molecular weight is 410 g/mol. The number of benzene rings is 2. The highest BCUT2D eigenvalue weighted by Crippen LogP contribution is 2.29. The lowest BCUT2D eigenvalue weighted by Gasteiger charge is -2.19. The number of hydrogen-bond acceptors (Lipinski definition) is 5. The van der Waals surface area contributed by atoms with Crippen LogP contribution in [0.1, 0.15) is 25.1 Å². The van der Waals surface area contributed by atoms with Crippen molar-refractivity contribution in [3.05, 3.63) is 82.3 Å². The second kappa shape index (κ2) is 8.92. The zero-order valence-electron chi connectivity index (χ0n) is 17.0. The monoisotopic (exact) mass is 410 g/mol. The lowest BCUT2D eigenvalue weighted by Crippen LogP contribution is -2.28. The largest absolute Gasteiger partial charge is 0.493 e. The van der Waals surface area contributed by atoms with Gasteiger partial charge in [-0.15, -0.1) is 0 Å². The van der Waals surface area contributed by atoms with Crippen LogP contribution >= 0.6 is 0 Å². The Morgan fingerprint density at radius 3 is 2.47 bits per heavy atom. The summed E-state index contributed by atoms with van der Waals surface area (Å²) >= 11 is 0. The molecule has 0 bridgehead atoms. The minimum Gasteiger partial charge on any atom is -0.493 e. The van der Waals surface area contributed by atoms with Crippen molar-refractivity contribution < 1.29 is 19.0 Å². The highest BCUT2D eigenvalue weighted by molar-refractivity contribution is 5.67. The molecule has 0 saturated heterocycles. The summed E-state index contributed by atoms with van der Waals surface area (Å²) in [7, 11) is 1.50. The van der Waals surface area contributed by atoms with Gasteiger partial charge >= 0.3 is 5.69 Å². The number of hydrogen-bond donors (Lipinski definition) is 1. The molecule has 0 spiro atoms. The predicted octanol–water partition coefficient (Wildman–Crippen LogP) is 3.70. The van der Waals surface area contributed by atoms with Gasteiger partial charge in [0.2, 0.25) is 0 Å². The van der Waals surface area contributed by atoms with Crippen LogP contribution in [0.5, 0.6) is 11.5 Å². The predicted molar refractivity (Wildman–Crippen MR) is 114 cm³/mol. The first kappa shape index (κ1) is 21.3. The van der Waals surface area contributed by atoms with E-state index in [0.29, 0.717) is 22.9 Å². The molecule has 2 aromatic carbocycles. The second-order valence-corrected chi connectivity index (χ2v) is 7.33. The normalized spacial score (nSPS) is 11.6. The molecule has 1 heterocycles. The van der Waals surface area contributed by atoms with Crippen LogP contribution in [0.3, 0.4) is 0 Å². The van der Waals surface area contributed by atoms with E-state index in [-0.39, 0.29) is 12.4 Å². The summed E-state index contributed by atoms with van der Waals surface area (Å²) in [6, 6.07) is 12.8. The fourth-order valence-electron chi connectivity index (χ4n) is 2.64. The summed E-state index contributed by atoms with van der Waals surface area (Å²) in [5, 5.41) is 9.82. The molecule has 0 fully saturated rings. The number of aliphatic hydroxyl groups is 1. The lowest BCUT2D eigenvalue weighted by atomic mass is 10.2. The van der Waals surface area contributed by atoms with Crippen LogP contribution in [0.15, 0.2) is 59.5 Å². The molecule has 0 radical (unpaired) electrons. The zero-order valence-corrected chi connectivity index (χ0v) is 17.0. The van der Waals surface area contributed by atoms with E-state index in [4.69, 9.17) is 9.47 Å². The van der Waals surface area contributed by atoms with Gasteiger partial charge in [-0.2, -0.15) is 4.98 Å². The summed E-state index contributed by atoms with van der Waals surface area (Å²) in [6.45, 7) is 3.38. The highest BCUT2D eigenvalue weighted by Gasteiger charge is 2.16. The third-order valence-corrected chi connectivity index (χ3v) is 4.15. The molecule has 1 aromatic heterocycles. The van der Waals surface area contributed by atoms with E-state index in [1.165, 1.54) is 23.8 Å². The standard InChI is InChI=1S/C23H23FN2O4/c1-23(2,28)15-30-20-11-10-19(14-21(20)29-3)26-13-12-18(25-22(26)27)9-6-16-4-7-17(24)8-5-16/h4-14,28H,15H2,1-3H3/b9-6+. The summed E-state index contributed by atoms with van der Waals surface area (Å²) in [5.41, 5.74) is 0.408. The Kier molecular flexibility index (Phi) is 6.32. The van der Waals surface area contributed by atoms with Gasteiger partial charge in [0.1, 0.15) is 12.4 Å². The van der Waals surface area contributed by atoms with Crippen LogP contribution in [0.2, 0.25) is 0 Å². The Balaban J connectivity index is 1.82. The smallest absolute Gasteiger partial charge is 0.352 e. The SMILES string of the molecule is COc1cc(-n2ccc(/C=C/c3ccc(F)cc3)nc2=O)ccc1OCC(C)(C)O. The second-order valence-electron chi connectivity index (χ2n) is 7.33. The quantitative estimate of drug-likeness (QED) is 0.643. The number of halogens is 1. The Labute approximate surface area is 173 Å². The molecule has 0 atom stereocenters. The highest BCUT2D eigenvalue weighted by atomic mass is 19.1. The van der Waals surface area contributed by atoms with Crippen molar-refractivity contribution in [2.45, 2.75) is 19.4 Å². The van der Waals surface area contributed by atoms with Crippen LogP contribution in [0.4, 0.5) is 4.39 Å². The van der Waals surface area contributed by atoms with E-state index in [1.807, 2.05) is 0 Å². The third kappa shape index (κ3) is 5.55. The Morgan fingerprint density at radius 2 is 1.83 bits per heavy atom. The number of methoxy groups -OCH3 is 1. The molecule has 0 aliphatic heterocycles. The summed E-state index contributed by atoms with van der Waals surface area (Å²) in [5.74, 6) is 0.590. The first-order chi connectivity index (χ1) is 14.2. The van der Waals surface area contributed by atoms with Crippen molar-refractivity contribution in [3.63, 3.8) is 0 Å². The van der Waals surface area contributed by atoms with Crippen LogP contribution < -0.4 is 15.2 Å². The first-order valence-corrected chi connectivity index (χ1v) is 9.32. The van der Waals surface area contributed by atoms with Gasteiger partial charge in [0.15, 0.2) is 11.5 Å². The minimum absolute atomic E-state index is 0.0965. The average Bonchev–Trinajstić information content (AvgIpc) is 2.71. The maximum absolute atomic E-state index is 13.0. The van der Waals surface area contributed by atoms with E-state index in [9.17, 15) is 14.3 Å². The van der Waals surface area contributed by atoms with Crippen LogP contribution in [-0.2, 0) is 0 Å². The van der Waals surface area contributed by atoms with Crippen molar-refractivity contribution in [1.82, 2.24) is 9.55 Å². The van der Waals surface area contributed by atoms with Crippen molar-refractivity contribution in [1.29, 1.82) is 0 Å². The summed E-state index contributed by atoms with van der Waals surface area (Å²) < 4.78 is 25.3. The van der Waals surface area contributed by atoms with E-state index in [1.54, 1.807) is 68.6 Å². The van der Waals surface area contributed by atoms with Gasteiger partial charge in [-0.3, -0.25) is 4.57 Å². The number of aromatic nitrogens is 2. The van der Waals surface area contributed by atoms with Gasteiger partial charge in [0.05, 0.1) is 24.1 Å². The summed E-state index contributed by atoms with van der Waals surface area (Å²) in [6.07, 6.45) is 5.06. The van der Waals surface area contributed by atoms with E-state index in [0.717, 1.165) is 5.56 Å². The molecular formula is C23H23FN2O4. The molecule has 0 saturated carbocycles. The third-order valence-electron chi connectivity index (χ3n) is 4.15. The zero-order chi connectivity index (χ0) is 21.7. The van der Waals surface area contributed by atoms with Crippen molar-refractivity contribution >= 4 is 12.2 Å². The fourth-order valence-corrected chi connectivity index (χ4v) is 2.64. The molecule has 0 aliphatic carbocycles. The molecule has 156 valence electrons. The van der Waals surface area contributed by atoms with Crippen molar-refractivity contribution in [3.8, 4) is 17.2 Å². The molecule has 3 aromatic rings. The van der Waals surface area contributed by atoms with E-state index >= 15 is 0 Å². The minimum atomic E-state index is -0.984. The van der Waals surface area contributed by atoms with Crippen LogP contribution in [0, 0.1) is 5.82 Å². The molecule has 30 heavy (non-hydrogen) atoms. The van der Waals surface area contributed by atoms with Gasteiger partial charge in [-0.25, -0.2) is 9.18 Å². The van der Waals surface area contributed by atoms with E-state index in [2.05, 4.69) is 4.98 Å². The molecule has 7 heteroatoms. The van der Waals surface area contributed by atoms with Crippen molar-refractivity contribution in [2.75, 3.05) is 13.7 Å². The topological polar surface area (TPSA) is 73.6 Å². The number of ether oxygens (including phenoxy) is 2. The van der Waals surface area contributed by atoms with E-state index < -0.39 is 11.3 Å². The maximum Gasteiger partial charge on any atom is 0.352 e. The van der Waals surface area contributed by atoms with Gasteiger partial charge < -0.3 is 14.6 Å². The first-order valence-electron chi connectivity index (χ1n) is 9.32. The molecule has 3 rings (SSSR count). The van der Waals surface area contributed by atoms with Crippen molar-refractivity contribution in [2.24, 2.45) is 0 Å². The van der Waals surface area contributed by atoms with Gasteiger partial charge in [-0.05, 0) is 55.8 Å².